The second kappa shape index (κ2) is 5.67. The largest absolute Gasteiger partial charge is 0.475 e. The Kier molecular flexibility index (Phi) is 3.97. The van der Waals surface area contributed by atoms with Gasteiger partial charge in [0.15, 0.2) is 0 Å². The number of hydrogen-bond acceptors (Lipinski definition) is 3. The number of nitrogens with one attached hydrogen (secondary N) is 1. The molecule has 19 heavy (non-hydrogen) atoms. The summed E-state index contributed by atoms with van der Waals surface area (Å²) in [5.41, 5.74) is 1.08. The maximum Gasteiger partial charge on any atom is 0.372 e. The SMILES string of the molecule is CC(NCc1ccoc1C(=O)O)c1ccccc1F. The molecule has 0 spiro atoms. The van der Waals surface area contributed by atoms with Gasteiger partial charge in [0.25, 0.3) is 0 Å². The molecule has 0 saturated carbocycles. The molecule has 1 aromatic carbocycles. The van der Waals surface area contributed by atoms with E-state index in [1.807, 2.05) is 6.92 Å². The summed E-state index contributed by atoms with van der Waals surface area (Å²) in [4.78, 5) is 10.9. The molecule has 1 atom stereocenters. The number of hydrogen-bond donors (Lipinski definition) is 2. The van der Waals surface area contributed by atoms with E-state index in [2.05, 4.69) is 5.32 Å². The van der Waals surface area contributed by atoms with E-state index in [1.54, 1.807) is 24.3 Å². The molecule has 0 bridgehead atoms. The van der Waals surface area contributed by atoms with Gasteiger partial charge in [-0.25, -0.2) is 9.18 Å². The molecule has 5 heteroatoms. The van der Waals surface area contributed by atoms with Crippen molar-refractivity contribution in [2.45, 2.75) is 19.5 Å². The average molecular weight is 263 g/mol. The van der Waals surface area contributed by atoms with E-state index in [-0.39, 0.29) is 17.6 Å². The molecule has 2 rings (SSSR count). The molecule has 2 aromatic rings. The van der Waals surface area contributed by atoms with Crippen LogP contribution in [-0.2, 0) is 6.54 Å². The van der Waals surface area contributed by atoms with E-state index in [1.165, 1.54) is 12.3 Å². The molecule has 4 nitrogen and oxygen atoms in total. The van der Waals surface area contributed by atoms with Crippen LogP contribution in [0.1, 0.15) is 34.6 Å². The van der Waals surface area contributed by atoms with Crippen LogP contribution in [-0.4, -0.2) is 11.1 Å². The Morgan fingerprint density at radius 3 is 2.84 bits per heavy atom. The third-order valence-corrected chi connectivity index (χ3v) is 2.91. The van der Waals surface area contributed by atoms with E-state index >= 15 is 0 Å². The van der Waals surface area contributed by atoms with Crippen LogP contribution in [0.5, 0.6) is 0 Å². The van der Waals surface area contributed by atoms with E-state index < -0.39 is 5.97 Å². The highest BCUT2D eigenvalue weighted by Gasteiger charge is 2.15. The summed E-state index contributed by atoms with van der Waals surface area (Å²) in [5.74, 6) is -1.48. The number of benzene rings is 1. The third-order valence-electron chi connectivity index (χ3n) is 2.91. The molecule has 0 fully saturated rings. The predicted molar refractivity (Wildman–Crippen MR) is 67.3 cm³/mol. The van der Waals surface area contributed by atoms with Gasteiger partial charge in [0, 0.05) is 23.7 Å². The van der Waals surface area contributed by atoms with Gasteiger partial charge in [0.1, 0.15) is 5.82 Å². The Balaban J connectivity index is 2.05. The first-order valence-electron chi connectivity index (χ1n) is 5.87. The van der Waals surface area contributed by atoms with Crippen LogP contribution in [0.15, 0.2) is 41.0 Å². The van der Waals surface area contributed by atoms with Crippen molar-refractivity contribution in [3.63, 3.8) is 0 Å². The molecule has 1 heterocycles. The zero-order chi connectivity index (χ0) is 13.8. The highest BCUT2D eigenvalue weighted by molar-refractivity contribution is 5.86. The van der Waals surface area contributed by atoms with Crippen molar-refractivity contribution in [2.75, 3.05) is 0 Å². The number of aromatic carboxylic acids is 1. The van der Waals surface area contributed by atoms with Gasteiger partial charge in [0.05, 0.1) is 6.26 Å². The molecule has 1 aromatic heterocycles. The average Bonchev–Trinajstić information content (AvgIpc) is 2.85. The summed E-state index contributed by atoms with van der Waals surface area (Å²) < 4.78 is 18.4. The van der Waals surface area contributed by atoms with Crippen LogP contribution in [0.2, 0.25) is 0 Å². The topological polar surface area (TPSA) is 62.5 Å². The van der Waals surface area contributed by atoms with Crippen molar-refractivity contribution < 1.29 is 18.7 Å². The van der Waals surface area contributed by atoms with Crippen molar-refractivity contribution in [1.82, 2.24) is 5.32 Å². The van der Waals surface area contributed by atoms with Crippen molar-refractivity contribution in [3.8, 4) is 0 Å². The molecule has 1 unspecified atom stereocenters. The monoisotopic (exact) mass is 263 g/mol. The van der Waals surface area contributed by atoms with Gasteiger partial charge in [-0.05, 0) is 19.1 Å². The fraction of sp³-hybridized carbons (Fsp3) is 0.214. The summed E-state index contributed by atoms with van der Waals surface area (Å²) in [6, 6.07) is 7.85. The fourth-order valence-corrected chi connectivity index (χ4v) is 1.86. The van der Waals surface area contributed by atoms with Gasteiger partial charge in [-0.3, -0.25) is 0 Å². The first-order chi connectivity index (χ1) is 9.09. The molecule has 0 saturated heterocycles. The minimum absolute atomic E-state index is 0.0896. The number of carbonyl (C=O) groups is 1. The zero-order valence-electron chi connectivity index (χ0n) is 10.4. The number of carboxylic acid groups (broad SMARTS) is 1. The van der Waals surface area contributed by atoms with Crippen LogP contribution >= 0.6 is 0 Å². The van der Waals surface area contributed by atoms with Crippen molar-refractivity contribution in [1.29, 1.82) is 0 Å². The van der Waals surface area contributed by atoms with Crippen molar-refractivity contribution >= 4 is 5.97 Å². The Morgan fingerprint density at radius 2 is 2.16 bits per heavy atom. The van der Waals surface area contributed by atoms with Gasteiger partial charge in [-0.1, -0.05) is 18.2 Å². The first kappa shape index (κ1) is 13.3. The molecule has 0 aliphatic carbocycles. The second-order valence-corrected chi connectivity index (χ2v) is 4.20. The lowest BCUT2D eigenvalue weighted by atomic mass is 10.1. The lowest BCUT2D eigenvalue weighted by molar-refractivity contribution is 0.0660. The van der Waals surface area contributed by atoms with E-state index in [4.69, 9.17) is 9.52 Å². The van der Waals surface area contributed by atoms with E-state index in [0.29, 0.717) is 17.7 Å². The highest BCUT2D eigenvalue weighted by Crippen LogP contribution is 2.18. The lowest BCUT2D eigenvalue weighted by Crippen LogP contribution is -2.20. The predicted octanol–water partition coefficient (Wildman–Crippen LogP) is 2.97. The minimum Gasteiger partial charge on any atom is -0.475 e. The molecule has 0 radical (unpaired) electrons. The van der Waals surface area contributed by atoms with E-state index in [9.17, 15) is 9.18 Å². The van der Waals surface area contributed by atoms with Crippen LogP contribution in [0.25, 0.3) is 0 Å². The van der Waals surface area contributed by atoms with Gasteiger partial charge in [-0.2, -0.15) is 0 Å². The molecule has 2 N–H and O–H groups in total. The molecule has 0 amide bonds. The summed E-state index contributed by atoms with van der Waals surface area (Å²) in [6.07, 6.45) is 1.33. The number of rotatable bonds is 5. The quantitative estimate of drug-likeness (QED) is 0.870. The van der Waals surface area contributed by atoms with Gasteiger partial charge in [0.2, 0.25) is 5.76 Å². The van der Waals surface area contributed by atoms with Crippen LogP contribution in [0, 0.1) is 5.82 Å². The molecule has 100 valence electrons. The van der Waals surface area contributed by atoms with Crippen LogP contribution < -0.4 is 5.32 Å². The minimum atomic E-state index is -1.11. The highest BCUT2D eigenvalue weighted by atomic mass is 19.1. The Morgan fingerprint density at radius 1 is 1.42 bits per heavy atom. The Hall–Kier alpha value is -2.14. The molecular formula is C14H14FNO3. The van der Waals surface area contributed by atoms with Crippen molar-refractivity contribution in [3.05, 3.63) is 59.3 Å². The standard InChI is InChI=1S/C14H14FNO3/c1-9(11-4-2-3-5-12(11)15)16-8-10-6-7-19-13(10)14(17)18/h2-7,9,16H,8H2,1H3,(H,17,18). The van der Waals surface area contributed by atoms with E-state index in [0.717, 1.165) is 0 Å². The normalized spacial score (nSPS) is 12.3. The summed E-state index contributed by atoms with van der Waals surface area (Å²) in [6.45, 7) is 2.12. The molecule has 0 aliphatic heterocycles. The first-order valence-corrected chi connectivity index (χ1v) is 5.87. The lowest BCUT2D eigenvalue weighted by Gasteiger charge is -2.14. The van der Waals surface area contributed by atoms with Crippen LogP contribution in [0.3, 0.4) is 0 Å². The third kappa shape index (κ3) is 3.00. The zero-order valence-corrected chi connectivity index (χ0v) is 10.4. The van der Waals surface area contributed by atoms with Crippen molar-refractivity contribution in [2.24, 2.45) is 0 Å². The fourth-order valence-electron chi connectivity index (χ4n) is 1.86. The maximum absolute atomic E-state index is 13.6. The van der Waals surface area contributed by atoms with Crippen LogP contribution in [0.4, 0.5) is 4.39 Å². The number of carboxylic acids is 1. The number of halogens is 1. The van der Waals surface area contributed by atoms with Gasteiger partial charge < -0.3 is 14.8 Å². The summed E-state index contributed by atoms with van der Waals surface area (Å²) in [7, 11) is 0. The second-order valence-electron chi connectivity index (χ2n) is 4.20. The summed E-state index contributed by atoms with van der Waals surface area (Å²) >= 11 is 0. The van der Waals surface area contributed by atoms with Gasteiger partial charge in [-0.15, -0.1) is 0 Å². The number of furan rings is 1. The Labute approximate surface area is 109 Å². The molecule has 0 aliphatic rings. The maximum atomic E-state index is 13.6. The molecular weight excluding hydrogens is 249 g/mol. The summed E-state index contributed by atoms with van der Waals surface area (Å²) in [5, 5.41) is 12.0. The van der Waals surface area contributed by atoms with Gasteiger partial charge >= 0.3 is 5.97 Å². The smallest absolute Gasteiger partial charge is 0.372 e. The Bertz CT molecular complexity index is 580.